The number of aromatic nitrogens is 2. The van der Waals surface area contributed by atoms with E-state index in [0.29, 0.717) is 6.54 Å². The molecule has 0 saturated heterocycles. The fraction of sp³-hybridized carbons (Fsp3) is 0.545. The van der Waals surface area contributed by atoms with Crippen LogP contribution in [-0.2, 0) is 6.54 Å². The van der Waals surface area contributed by atoms with Crippen molar-refractivity contribution in [1.82, 2.24) is 14.9 Å². The third kappa shape index (κ3) is 3.56. The highest BCUT2D eigenvalue weighted by molar-refractivity contribution is 5.36. The molecule has 2 N–H and O–H groups in total. The summed E-state index contributed by atoms with van der Waals surface area (Å²) in [5.41, 5.74) is 0.285. The number of imidazole rings is 1. The molecule has 0 aromatic carbocycles. The van der Waals surface area contributed by atoms with Crippen LogP contribution >= 0.6 is 0 Å². The number of hydrogen-bond donors (Lipinski definition) is 2. The zero-order valence-electron chi connectivity index (χ0n) is 9.88. The van der Waals surface area contributed by atoms with Crippen molar-refractivity contribution in [3.63, 3.8) is 0 Å². The maximum Gasteiger partial charge on any atom is 0.176 e. The first-order chi connectivity index (χ1) is 8.08. The lowest BCUT2D eigenvalue weighted by Gasteiger charge is -2.14. The monoisotopic (exact) mass is 233 g/mol. The second-order valence-corrected chi connectivity index (χ2v) is 4.03. The molecule has 17 heavy (non-hydrogen) atoms. The summed E-state index contributed by atoms with van der Waals surface area (Å²) in [4.78, 5) is 3.80. The molecule has 1 rings (SSSR count). The summed E-state index contributed by atoms with van der Waals surface area (Å²) in [6, 6.07) is 4.04. The summed E-state index contributed by atoms with van der Waals surface area (Å²) in [5, 5.41) is 30.5. The quantitative estimate of drug-likeness (QED) is 0.745. The zero-order chi connectivity index (χ0) is 12.8. The fourth-order valence-electron chi connectivity index (χ4n) is 1.38. The van der Waals surface area contributed by atoms with Gasteiger partial charge in [0.25, 0.3) is 0 Å². The van der Waals surface area contributed by atoms with E-state index in [1.807, 2.05) is 26.0 Å². The van der Waals surface area contributed by atoms with Crippen molar-refractivity contribution in [1.29, 1.82) is 10.5 Å². The van der Waals surface area contributed by atoms with Crippen molar-refractivity contribution in [3.05, 3.63) is 17.7 Å². The summed E-state index contributed by atoms with van der Waals surface area (Å²) in [6.07, 6.45) is 0.778. The van der Waals surface area contributed by atoms with E-state index in [4.69, 9.17) is 10.5 Å². The minimum absolute atomic E-state index is 0.0940. The molecule has 0 saturated carbocycles. The van der Waals surface area contributed by atoms with Crippen LogP contribution in [0.4, 0.5) is 0 Å². The topological polar surface area (TPSA) is 97.7 Å². The number of aliphatic hydroxyl groups excluding tert-OH is 1. The van der Waals surface area contributed by atoms with Crippen LogP contribution < -0.4 is 5.32 Å². The summed E-state index contributed by atoms with van der Waals surface area (Å²) < 4.78 is 1.49. The maximum absolute atomic E-state index is 9.75. The summed E-state index contributed by atoms with van der Waals surface area (Å²) in [6.45, 7) is 4.65. The summed E-state index contributed by atoms with van der Waals surface area (Å²) in [7, 11) is 0. The van der Waals surface area contributed by atoms with Crippen LogP contribution in [0.5, 0.6) is 0 Å². The average Bonchev–Trinajstić information content (AvgIpc) is 2.68. The van der Waals surface area contributed by atoms with Crippen LogP contribution in [0, 0.1) is 22.7 Å². The molecule has 0 amide bonds. The molecule has 0 aliphatic rings. The first kappa shape index (κ1) is 13.2. The molecule has 6 nitrogen and oxygen atoms in total. The van der Waals surface area contributed by atoms with E-state index in [1.165, 1.54) is 10.9 Å². The second-order valence-electron chi connectivity index (χ2n) is 4.03. The van der Waals surface area contributed by atoms with Gasteiger partial charge >= 0.3 is 0 Å². The predicted octanol–water partition coefficient (Wildman–Crippen LogP) is -0.0146. The van der Waals surface area contributed by atoms with Gasteiger partial charge in [0.2, 0.25) is 0 Å². The van der Waals surface area contributed by atoms with E-state index in [2.05, 4.69) is 10.3 Å². The minimum atomic E-state index is -0.620. The van der Waals surface area contributed by atoms with Gasteiger partial charge in [-0.05, 0) is 0 Å². The van der Waals surface area contributed by atoms with Crippen molar-refractivity contribution in [3.8, 4) is 12.1 Å². The Morgan fingerprint density at radius 2 is 2.18 bits per heavy atom. The summed E-state index contributed by atoms with van der Waals surface area (Å²) >= 11 is 0. The summed E-state index contributed by atoms with van der Waals surface area (Å²) in [5.74, 6) is 0. The van der Waals surface area contributed by atoms with E-state index in [1.54, 1.807) is 0 Å². The normalized spacial score (nSPS) is 12.1. The molecule has 1 heterocycles. The lowest BCUT2D eigenvalue weighted by Crippen LogP contribution is -2.34. The number of nitriles is 2. The van der Waals surface area contributed by atoms with Gasteiger partial charge in [-0.25, -0.2) is 4.98 Å². The first-order valence-corrected chi connectivity index (χ1v) is 5.35. The molecule has 1 aromatic rings. The molecule has 0 aliphatic heterocycles. The average molecular weight is 233 g/mol. The molecule has 0 radical (unpaired) electrons. The van der Waals surface area contributed by atoms with Crippen molar-refractivity contribution >= 4 is 0 Å². The first-order valence-electron chi connectivity index (χ1n) is 5.35. The molecule has 90 valence electrons. The molecule has 0 spiro atoms. The Kier molecular flexibility index (Phi) is 4.65. The van der Waals surface area contributed by atoms with E-state index in [0.717, 1.165) is 0 Å². The third-order valence-electron chi connectivity index (χ3n) is 2.22. The van der Waals surface area contributed by atoms with Gasteiger partial charge in [0.15, 0.2) is 11.4 Å². The Labute approximate surface area is 100 Å². The standard InChI is InChI=1S/C11H15N5O/c1-8(2)14-5-9(17)6-16-7-15-10(3-12)11(16)4-13/h7-9,14,17H,5-6H2,1-2H3. The Balaban J connectivity index is 2.66. The second kappa shape index (κ2) is 6.00. The van der Waals surface area contributed by atoms with Crippen molar-refractivity contribution < 1.29 is 5.11 Å². The molecule has 1 aromatic heterocycles. The van der Waals surface area contributed by atoms with Crippen molar-refractivity contribution in [2.24, 2.45) is 0 Å². The molecule has 0 fully saturated rings. The molecule has 0 bridgehead atoms. The number of nitrogens with zero attached hydrogens (tertiary/aromatic N) is 4. The smallest absolute Gasteiger partial charge is 0.176 e. The highest BCUT2D eigenvalue weighted by Gasteiger charge is 2.13. The highest BCUT2D eigenvalue weighted by atomic mass is 16.3. The van der Waals surface area contributed by atoms with Gasteiger partial charge in [-0.2, -0.15) is 10.5 Å². The van der Waals surface area contributed by atoms with Crippen molar-refractivity contribution in [2.75, 3.05) is 6.54 Å². The number of hydrogen-bond acceptors (Lipinski definition) is 5. The Morgan fingerprint density at radius 3 is 2.71 bits per heavy atom. The number of nitrogens with one attached hydrogen (secondary N) is 1. The third-order valence-corrected chi connectivity index (χ3v) is 2.22. The zero-order valence-corrected chi connectivity index (χ0v) is 9.88. The lowest BCUT2D eigenvalue weighted by molar-refractivity contribution is 0.148. The van der Waals surface area contributed by atoms with Gasteiger partial charge in [-0.15, -0.1) is 0 Å². The maximum atomic E-state index is 9.75. The van der Waals surface area contributed by atoms with Crippen LogP contribution in [0.15, 0.2) is 6.33 Å². The SMILES string of the molecule is CC(C)NCC(O)Cn1cnc(C#N)c1C#N. The van der Waals surface area contributed by atoms with Crippen LogP contribution in [-0.4, -0.2) is 33.3 Å². The molecular weight excluding hydrogens is 218 g/mol. The van der Waals surface area contributed by atoms with Gasteiger partial charge < -0.3 is 15.0 Å². The van der Waals surface area contributed by atoms with Gasteiger partial charge in [0.1, 0.15) is 12.1 Å². The van der Waals surface area contributed by atoms with Crippen LogP contribution in [0.25, 0.3) is 0 Å². The Hall–Kier alpha value is -1.89. The minimum Gasteiger partial charge on any atom is -0.390 e. The Bertz CT molecular complexity index is 451. The van der Waals surface area contributed by atoms with Crippen molar-refractivity contribution in [2.45, 2.75) is 32.5 Å². The molecular formula is C11H15N5O. The molecule has 1 atom stereocenters. The lowest BCUT2D eigenvalue weighted by atomic mass is 10.3. The number of rotatable bonds is 5. The van der Waals surface area contributed by atoms with Gasteiger partial charge in [-0.3, -0.25) is 0 Å². The van der Waals surface area contributed by atoms with E-state index in [-0.39, 0.29) is 24.0 Å². The highest BCUT2D eigenvalue weighted by Crippen LogP contribution is 2.05. The molecule has 6 heteroatoms. The van der Waals surface area contributed by atoms with Crippen LogP contribution in [0.3, 0.4) is 0 Å². The van der Waals surface area contributed by atoms with E-state index < -0.39 is 6.10 Å². The van der Waals surface area contributed by atoms with Gasteiger partial charge in [0.05, 0.1) is 19.0 Å². The van der Waals surface area contributed by atoms with Gasteiger partial charge in [-0.1, -0.05) is 13.8 Å². The van der Waals surface area contributed by atoms with Crippen LogP contribution in [0.1, 0.15) is 25.2 Å². The Morgan fingerprint density at radius 1 is 1.47 bits per heavy atom. The molecule has 0 aliphatic carbocycles. The predicted molar refractivity (Wildman–Crippen MR) is 60.8 cm³/mol. The largest absolute Gasteiger partial charge is 0.390 e. The fourth-order valence-corrected chi connectivity index (χ4v) is 1.38. The molecule has 1 unspecified atom stereocenters. The van der Waals surface area contributed by atoms with E-state index >= 15 is 0 Å². The van der Waals surface area contributed by atoms with Crippen LogP contribution in [0.2, 0.25) is 0 Å². The van der Waals surface area contributed by atoms with E-state index in [9.17, 15) is 5.11 Å². The number of aliphatic hydroxyl groups is 1. The van der Waals surface area contributed by atoms with Gasteiger partial charge in [0, 0.05) is 12.6 Å².